The quantitative estimate of drug-likeness (QED) is 0.674. The van der Waals surface area contributed by atoms with Gasteiger partial charge in [-0.1, -0.05) is 37.3 Å². The molecule has 5 saturated carbocycles. The molecule has 1 N–H and O–H groups in total. The van der Waals surface area contributed by atoms with Crippen LogP contribution in [0.15, 0.2) is 30.3 Å². The van der Waals surface area contributed by atoms with E-state index in [0.29, 0.717) is 23.7 Å². The SMILES string of the molecule is CC1CC1C(NC(=O)CC12CC3CC4CC(C1)C42C3)C(=O)N1CCN(Cc2ccccc2)CC1. The van der Waals surface area contributed by atoms with Crippen molar-refractivity contribution in [1.29, 1.82) is 0 Å². The summed E-state index contributed by atoms with van der Waals surface area (Å²) >= 11 is 0. The molecule has 6 aliphatic rings. The van der Waals surface area contributed by atoms with Crippen LogP contribution in [0.25, 0.3) is 0 Å². The summed E-state index contributed by atoms with van der Waals surface area (Å²) in [4.78, 5) is 31.4. The van der Waals surface area contributed by atoms with E-state index in [1.54, 1.807) is 0 Å². The highest BCUT2D eigenvalue weighted by Gasteiger charge is 2.80. The molecule has 6 fully saturated rings. The molecule has 182 valence electrons. The van der Waals surface area contributed by atoms with E-state index in [1.165, 1.54) is 37.7 Å². The summed E-state index contributed by atoms with van der Waals surface area (Å²) in [5.74, 6) is 3.87. The zero-order chi connectivity index (χ0) is 23.1. The number of amides is 2. The normalized spacial score (nSPS) is 42.4. The average molecular weight is 462 g/mol. The number of hydrogen-bond acceptors (Lipinski definition) is 3. The Kier molecular flexibility index (Phi) is 4.76. The molecule has 1 spiro atoms. The molecule has 5 nitrogen and oxygen atoms in total. The Morgan fingerprint density at radius 2 is 1.76 bits per heavy atom. The van der Waals surface area contributed by atoms with E-state index < -0.39 is 0 Å². The number of carbonyl (C=O) groups excluding carboxylic acids is 2. The molecule has 2 bridgehead atoms. The topological polar surface area (TPSA) is 52.7 Å². The van der Waals surface area contributed by atoms with Gasteiger partial charge in [-0.2, -0.15) is 0 Å². The fourth-order valence-electron chi connectivity index (χ4n) is 9.57. The lowest BCUT2D eigenvalue weighted by Gasteiger charge is -2.73. The minimum Gasteiger partial charge on any atom is -0.344 e. The van der Waals surface area contributed by atoms with Crippen LogP contribution in [0.4, 0.5) is 0 Å². The Bertz CT molecular complexity index is 988. The van der Waals surface area contributed by atoms with Crippen molar-refractivity contribution in [2.24, 2.45) is 40.4 Å². The van der Waals surface area contributed by atoms with Crippen LogP contribution in [-0.4, -0.2) is 53.8 Å². The Morgan fingerprint density at radius 3 is 2.44 bits per heavy atom. The maximum absolute atomic E-state index is 13.6. The van der Waals surface area contributed by atoms with Gasteiger partial charge >= 0.3 is 0 Å². The van der Waals surface area contributed by atoms with Gasteiger partial charge in [0.1, 0.15) is 6.04 Å². The van der Waals surface area contributed by atoms with Gasteiger partial charge in [0.05, 0.1) is 0 Å². The highest BCUT2D eigenvalue weighted by molar-refractivity contribution is 5.88. The van der Waals surface area contributed by atoms with Crippen LogP contribution >= 0.6 is 0 Å². The van der Waals surface area contributed by atoms with E-state index in [1.807, 2.05) is 4.90 Å². The van der Waals surface area contributed by atoms with Gasteiger partial charge in [0.2, 0.25) is 11.8 Å². The van der Waals surface area contributed by atoms with Crippen molar-refractivity contribution in [3.05, 3.63) is 35.9 Å². The molecule has 8 atom stereocenters. The molecule has 5 aliphatic carbocycles. The molecule has 7 rings (SSSR count). The van der Waals surface area contributed by atoms with Gasteiger partial charge in [-0.05, 0) is 84.5 Å². The molecule has 0 aromatic heterocycles. The monoisotopic (exact) mass is 461 g/mol. The van der Waals surface area contributed by atoms with Gasteiger partial charge in [-0.15, -0.1) is 0 Å². The third kappa shape index (κ3) is 3.08. The number of nitrogens with one attached hydrogen (secondary N) is 1. The number of nitrogens with zero attached hydrogens (tertiary/aromatic N) is 2. The molecule has 8 unspecified atom stereocenters. The average Bonchev–Trinajstić information content (AvgIpc) is 3.33. The van der Waals surface area contributed by atoms with E-state index in [4.69, 9.17) is 0 Å². The largest absolute Gasteiger partial charge is 0.344 e. The van der Waals surface area contributed by atoms with E-state index in [2.05, 4.69) is 47.5 Å². The zero-order valence-electron chi connectivity index (χ0n) is 20.5. The highest BCUT2D eigenvalue weighted by Crippen LogP contribution is 2.87. The van der Waals surface area contributed by atoms with Crippen molar-refractivity contribution >= 4 is 11.8 Å². The summed E-state index contributed by atoms with van der Waals surface area (Å²) in [6.07, 6.45) is 8.53. The van der Waals surface area contributed by atoms with Crippen molar-refractivity contribution in [1.82, 2.24) is 15.1 Å². The number of carbonyl (C=O) groups is 2. The third-order valence-electron chi connectivity index (χ3n) is 11.2. The highest BCUT2D eigenvalue weighted by atomic mass is 16.2. The lowest BCUT2D eigenvalue weighted by atomic mass is 9.31. The molecule has 1 heterocycles. The Morgan fingerprint density at radius 1 is 1.00 bits per heavy atom. The van der Waals surface area contributed by atoms with Crippen molar-refractivity contribution in [2.45, 2.75) is 64.5 Å². The van der Waals surface area contributed by atoms with Gasteiger partial charge in [0.25, 0.3) is 0 Å². The minimum atomic E-state index is -0.316. The van der Waals surface area contributed by atoms with Crippen molar-refractivity contribution in [3.8, 4) is 0 Å². The van der Waals surface area contributed by atoms with Crippen LogP contribution in [0.3, 0.4) is 0 Å². The number of fused-ring (bicyclic) bond motifs is 1. The standard InChI is InChI=1S/C29H39N3O2/c1-19-11-24(19)26(27(34)32-9-7-31(8-10-32)18-20-5-3-2-4-6-20)30-25(33)17-28-14-21-12-22-13-23(16-28)29(22,28)15-21/h2-6,19,21-24,26H,7-18H2,1H3,(H,30,33). The summed E-state index contributed by atoms with van der Waals surface area (Å²) in [5.41, 5.74) is 2.13. The number of hydrogen-bond donors (Lipinski definition) is 1. The predicted octanol–water partition coefficient (Wildman–Crippen LogP) is 3.69. The molecule has 0 radical (unpaired) electrons. The minimum absolute atomic E-state index is 0.159. The van der Waals surface area contributed by atoms with Crippen LogP contribution in [-0.2, 0) is 16.1 Å². The lowest BCUT2D eigenvalue weighted by molar-refractivity contribution is -0.245. The maximum atomic E-state index is 13.6. The van der Waals surface area contributed by atoms with E-state index in [-0.39, 0.29) is 23.3 Å². The van der Waals surface area contributed by atoms with Gasteiger partial charge < -0.3 is 10.2 Å². The summed E-state index contributed by atoms with van der Waals surface area (Å²) in [7, 11) is 0. The van der Waals surface area contributed by atoms with Gasteiger partial charge in [-0.3, -0.25) is 14.5 Å². The first-order valence-corrected chi connectivity index (χ1v) is 13.8. The zero-order valence-corrected chi connectivity index (χ0v) is 20.5. The Hall–Kier alpha value is -1.88. The number of piperazine rings is 1. The van der Waals surface area contributed by atoms with Gasteiger partial charge in [0.15, 0.2) is 0 Å². The molecular weight excluding hydrogens is 422 g/mol. The van der Waals surface area contributed by atoms with E-state index in [0.717, 1.165) is 56.9 Å². The Labute approximate surface area is 203 Å². The van der Waals surface area contributed by atoms with Crippen LogP contribution in [0.2, 0.25) is 0 Å². The molecule has 2 amide bonds. The first-order chi connectivity index (χ1) is 16.5. The molecular formula is C29H39N3O2. The van der Waals surface area contributed by atoms with E-state index in [9.17, 15) is 9.59 Å². The summed E-state index contributed by atoms with van der Waals surface area (Å²) in [6, 6.07) is 10.3. The van der Waals surface area contributed by atoms with E-state index >= 15 is 0 Å². The second-order valence-corrected chi connectivity index (χ2v) is 12.9. The lowest BCUT2D eigenvalue weighted by Crippen LogP contribution is -2.67. The maximum Gasteiger partial charge on any atom is 0.245 e. The summed E-state index contributed by atoms with van der Waals surface area (Å²) in [6.45, 7) is 6.48. The van der Waals surface area contributed by atoms with Crippen molar-refractivity contribution < 1.29 is 9.59 Å². The van der Waals surface area contributed by atoms with Gasteiger partial charge in [-0.25, -0.2) is 0 Å². The van der Waals surface area contributed by atoms with Crippen LogP contribution in [0.5, 0.6) is 0 Å². The second-order valence-electron chi connectivity index (χ2n) is 12.9. The Balaban J connectivity index is 0.975. The molecule has 34 heavy (non-hydrogen) atoms. The van der Waals surface area contributed by atoms with Crippen molar-refractivity contribution in [2.75, 3.05) is 26.2 Å². The fourth-order valence-corrected chi connectivity index (χ4v) is 9.57. The van der Waals surface area contributed by atoms with Crippen LogP contribution in [0, 0.1) is 40.4 Å². The fraction of sp³-hybridized carbons (Fsp3) is 0.724. The van der Waals surface area contributed by atoms with Crippen molar-refractivity contribution in [3.63, 3.8) is 0 Å². The molecule has 1 saturated heterocycles. The summed E-state index contributed by atoms with van der Waals surface area (Å²) in [5, 5.41) is 3.31. The number of rotatable bonds is 7. The van der Waals surface area contributed by atoms with Gasteiger partial charge in [0, 0.05) is 39.1 Å². The molecule has 1 aromatic rings. The van der Waals surface area contributed by atoms with Crippen LogP contribution in [0.1, 0.15) is 57.4 Å². The molecule has 5 heteroatoms. The first kappa shape index (κ1) is 21.4. The number of benzene rings is 1. The second kappa shape index (κ2) is 7.56. The molecule has 1 aliphatic heterocycles. The first-order valence-electron chi connectivity index (χ1n) is 13.8. The molecule has 1 aromatic carbocycles. The third-order valence-corrected chi connectivity index (χ3v) is 11.2. The smallest absolute Gasteiger partial charge is 0.245 e. The predicted molar refractivity (Wildman–Crippen MR) is 131 cm³/mol. The summed E-state index contributed by atoms with van der Waals surface area (Å²) < 4.78 is 0. The van der Waals surface area contributed by atoms with Crippen LogP contribution < -0.4 is 5.32 Å².